The summed E-state index contributed by atoms with van der Waals surface area (Å²) in [5.74, 6) is 0. The van der Waals surface area contributed by atoms with Crippen molar-refractivity contribution in [2.45, 2.75) is 37.1 Å². The van der Waals surface area contributed by atoms with Gasteiger partial charge in [0.1, 0.15) is 16.3 Å². The highest BCUT2D eigenvalue weighted by molar-refractivity contribution is 7.89. The predicted molar refractivity (Wildman–Crippen MR) is 80.7 cm³/mol. The molecule has 1 atom stereocenters. The molecule has 0 spiro atoms. The van der Waals surface area contributed by atoms with Gasteiger partial charge in [-0.25, -0.2) is 13.1 Å². The van der Waals surface area contributed by atoms with E-state index >= 15 is 0 Å². The highest BCUT2D eigenvalue weighted by Crippen LogP contribution is 2.37. The van der Waals surface area contributed by atoms with Gasteiger partial charge in [-0.1, -0.05) is 25.8 Å². The molecule has 1 unspecified atom stereocenters. The van der Waals surface area contributed by atoms with Gasteiger partial charge in [0, 0.05) is 12.6 Å². The van der Waals surface area contributed by atoms with E-state index in [0.717, 1.165) is 30.6 Å². The fourth-order valence-electron chi connectivity index (χ4n) is 1.96. The smallest absolute Gasteiger partial charge is 0.243 e. The molecular weight excluding hydrogens is 296 g/mol. The van der Waals surface area contributed by atoms with Crippen molar-refractivity contribution in [2.75, 3.05) is 6.54 Å². The molecule has 0 aliphatic carbocycles. The lowest BCUT2D eigenvalue weighted by Crippen LogP contribution is -2.40. The standard InChI is InChI=1S/C12H18N4O2S2/c1-2-3-5-9(8-13)16-20(17,18)11-7-4-6-10-12(11)15-19-14-10/h4,6-7,9,16H,2-3,5,8,13H2,1H3. The van der Waals surface area contributed by atoms with Crippen LogP contribution >= 0.6 is 0 Å². The molecule has 0 fully saturated rings. The first-order chi connectivity index (χ1) is 9.58. The lowest BCUT2D eigenvalue weighted by atomic mass is 10.1. The minimum absolute atomic E-state index is 0.165. The highest BCUT2D eigenvalue weighted by Gasteiger charge is 2.24. The first-order valence-corrected chi connectivity index (χ1v) is 8.73. The van der Waals surface area contributed by atoms with Crippen LogP contribution in [0, 0.1) is 0 Å². The van der Waals surface area contributed by atoms with Crippen LogP contribution in [0.3, 0.4) is 0 Å². The molecular formula is C12H18N4O2S2. The molecule has 0 saturated carbocycles. The number of sulfonamides is 1. The molecule has 1 aromatic carbocycles. The fraction of sp³-hybridized carbons (Fsp3) is 0.500. The number of rotatable bonds is 7. The summed E-state index contributed by atoms with van der Waals surface area (Å²) in [6.07, 6.45) is 2.67. The van der Waals surface area contributed by atoms with Gasteiger partial charge < -0.3 is 5.73 Å². The molecule has 0 saturated heterocycles. The zero-order valence-corrected chi connectivity index (χ0v) is 12.9. The molecule has 8 heteroatoms. The van der Waals surface area contributed by atoms with Gasteiger partial charge in [0.2, 0.25) is 10.0 Å². The van der Waals surface area contributed by atoms with Crippen LogP contribution in [0.2, 0.25) is 0 Å². The van der Waals surface area contributed by atoms with Gasteiger partial charge in [0.25, 0.3) is 0 Å². The zero-order valence-electron chi connectivity index (χ0n) is 11.2. The summed E-state index contributed by atoms with van der Waals surface area (Å²) >= 11 is 1.00. The summed E-state index contributed by atoms with van der Waals surface area (Å²) < 4.78 is 35.7. The molecule has 0 bridgehead atoms. The molecule has 1 heterocycles. The summed E-state index contributed by atoms with van der Waals surface area (Å²) in [5.41, 5.74) is 6.65. The van der Waals surface area contributed by atoms with E-state index in [1.165, 1.54) is 0 Å². The van der Waals surface area contributed by atoms with E-state index in [1.54, 1.807) is 18.2 Å². The van der Waals surface area contributed by atoms with Crippen molar-refractivity contribution in [3.63, 3.8) is 0 Å². The Morgan fingerprint density at radius 1 is 1.40 bits per heavy atom. The molecule has 0 aromatic heterocycles. The van der Waals surface area contributed by atoms with Crippen LogP contribution in [0.1, 0.15) is 26.2 Å². The lowest BCUT2D eigenvalue weighted by Gasteiger charge is -2.17. The molecule has 110 valence electrons. The molecule has 1 aliphatic rings. The van der Waals surface area contributed by atoms with Crippen molar-refractivity contribution < 1.29 is 8.42 Å². The first-order valence-electron chi connectivity index (χ1n) is 6.52. The van der Waals surface area contributed by atoms with Crippen molar-refractivity contribution in [3.8, 4) is 0 Å². The predicted octanol–water partition coefficient (Wildman–Crippen LogP) is 2.21. The van der Waals surface area contributed by atoms with E-state index in [4.69, 9.17) is 5.73 Å². The van der Waals surface area contributed by atoms with Crippen molar-refractivity contribution in [3.05, 3.63) is 18.2 Å². The minimum atomic E-state index is -3.62. The van der Waals surface area contributed by atoms with Crippen LogP contribution in [0.5, 0.6) is 0 Å². The van der Waals surface area contributed by atoms with E-state index in [0.29, 0.717) is 11.4 Å². The number of benzene rings is 1. The fourth-order valence-corrected chi connectivity index (χ4v) is 4.01. The number of nitrogens with zero attached hydrogens (tertiary/aromatic N) is 2. The summed E-state index contributed by atoms with van der Waals surface area (Å²) in [6, 6.07) is 4.71. The second kappa shape index (κ2) is 6.57. The minimum Gasteiger partial charge on any atom is -0.329 e. The van der Waals surface area contributed by atoms with Gasteiger partial charge in [0.15, 0.2) is 0 Å². The molecule has 20 heavy (non-hydrogen) atoms. The normalized spacial score (nSPS) is 14.9. The first kappa shape index (κ1) is 15.3. The van der Waals surface area contributed by atoms with Gasteiger partial charge in [-0.2, -0.15) is 8.73 Å². The maximum Gasteiger partial charge on any atom is 0.243 e. The Morgan fingerprint density at radius 3 is 2.90 bits per heavy atom. The topological polar surface area (TPSA) is 96.9 Å². The van der Waals surface area contributed by atoms with Crippen molar-refractivity contribution in [1.29, 1.82) is 0 Å². The summed E-state index contributed by atoms with van der Waals surface area (Å²) in [5, 5.41) is 0. The van der Waals surface area contributed by atoms with Crippen LogP contribution in [0.15, 0.2) is 31.8 Å². The summed E-state index contributed by atoms with van der Waals surface area (Å²) in [7, 11) is -3.62. The summed E-state index contributed by atoms with van der Waals surface area (Å²) in [6.45, 7) is 2.34. The Balaban J connectivity index is 2.23. The van der Waals surface area contributed by atoms with Crippen molar-refractivity contribution in [2.24, 2.45) is 14.5 Å². The third-order valence-electron chi connectivity index (χ3n) is 3.05. The quantitative estimate of drug-likeness (QED) is 0.820. The van der Waals surface area contributed by atoms with Crippen LogP contribution in [-0.4, -0.2) is 21.0 Å². The number of unbranched alkanes of at least 4 members (excludes halogenated alkanes) is 1. The SMILES string of the molecule is CCCCC(CN)NS(=O)(=O)c1cccc2c1N=S=N2. The van der Waals surface area contributed by atoms with Gasteiger partial charge in [0.05, 0.1) is 11.4 Å². The van der Waals surface area contributed by atoms with Crippen molar-refractivity contribution >= 4 is 32.8 Å². The Hall–Kier alpha value is -1.09. The third kappa shape index (κ3) is 3.32. The van der Waals surface area contributed by atoms with Gasteiger partial charge >= 0.3 is 0 Å². The molecule has 2 rings (SSSR count). The monoisotopic (exact) mass is 314 g/mol. The maximum atomic E-state index is 12.4. The number of fused-ring (bicyclic) bond motifs is 1. The maximum absolute atomic E-state index is 12.4. The number of nitrogens with one attached hydrogen (secondary N) is 1. The van der Waals surface area contributed by atoms with Gasteiger partial charge in [-0.05, 0) is 18.6 Å². The Labute approximate surface area is 122 Å². The summed E-state index contributed by atoms with van der Waals surface area (Å²) in [4.78, 5) is 0.165. The highest BCUT2D eigenvalue weighted by atomic mass is 32.2. The van der Waals surface area contributed by atoms with Gasteiger partial charge in [-0.15, -0.1) is 0 Å². The van der Waals surface area contributed by atoms with Crippen LogP contribution in [-0.2, 0) is 21.4 Å². The van der Waals surface area contributed by atoms with Gasteiger partial charge in [-0.3, -0.25) is 0 Å². The Morgan fingerprint density at radius 2 is 2.20 bits per heavy atom. The second-order valence-electron chi connectivity index (χ2n) is 4.58. The third-order valence-corrected chi connectivity index (χ3v) is 5.15. The van der Waals surface area contributed by atoms with E-state index in [9.17, 15) is 8.42 Å². The number of nitrogens with two attached hydrogens (primary N) is 1. The van der Waals surface area contributed by atoms with E-state index in [1.807, 2.05) is 0 Å². The van der Waals surface area contributed by atoms with E-state index in [2.05, 4.69) is 20.4 Å². The average Bonchev–Trinajstić information content (AvgIpc) is 2.91. The largest absolute Gasteiger partial charge is 0.329 e. The molecule has 0 radical (unpaired) electrons. The Kier molecular flexibility index (Phi) is 5.03. The Bertz CT molecular complexity index is 651. The number of hydrogen-bond donors (Lipinski definition) is 2. The molecule has 3 N–H and O–H groups in total. The molecule has 0 amide bonds. The van der Waals surface area contributed by atoms with E-state index in [-0.39, 0.29) is 17.5 Å². The van der Waals surface area contributed by atoms with Crippen LogP contribution < -0.4 is 10.5 Å². The van der Waals surface area contributed by atoms with E-state index < -0.39 is 10.0 Å². The second-order valence-corrected chi connectivity index (χ2v) is 6.80. The van der Waals surface area contributed by atoms with Crippen molar-refractivity contribution in [1.82, 2.24) is 4.72 Å². The number of hydrogen-bond acceptors (Lipinski definition) is 5. The van der Waals surface area contributed by atoms with Crippen LogP contribution in [0.4, 0.5) is 11.4 Å². The van der Waals surface area contributed by atoms with Crippen LogP contribution in [0.25, 0.3) is 0 Å². The molecule has 1 aromatic rings. The molecule has 6 nitrogen and oxygen atoms in total. The zero-order chi connectivity index (χ0) is 14.6. The molecule has 1 aliphatic heterocycles. The lowest BCUT2D eigenvalue weighted by molar-refractivity contribution is 0.516. The average molecular weight is 314 g/mol.